The minimum atomic E-state index is -0.0319. The fraction of sp³-hybridized carbons (Fsp3) is 0.333. The summed E-state index contributed by atoms with van der Waals surface area (Å²) in [7, 11) is 0. The number of hydrogen-bond acceptors (Lipinski definition) is 2. The number of furan rings is 1. The van der Waals surface area contributed by atoms with Gasteiger partial charge in [0, 0.05) is 10.4 Å². The Morgan fingerprint density at radius 3 is 2.80 bits per heavy atom. The van der Waals surface area contributed by atoms with Crippen molar-refractivity contribution < 1.29 is 4.42 Å². The first-order valence-corrected chi connectivity index (χ1v) is 5.44. The van der Waals surface area contributed by atoms with Gasteiger partial charge >= 0.3 is 0 Å². The van der Waals surface area contributed by atoms with Gasteiger partial charge in [0.2, 0.25) is 0 Å². The third-order valence-corrected chi connectivity index (χ3v) is 2.81. The van der Waals surface area contributed by atoms with E-state index in [0.717, 1.165) is 33.7 Å². The zero-order chi connectivity index (χ0) is 11.0. The van der Waals surface area contributed by atoms with Crippen molar-refractivity contribution in [2.24, 2.45) is 5.73 Å². The molecule has 1 atom stereocenters. The fourth-order valence-electron chi connectivity index (χ4n) is 1.69. The van der Waals surface area contributed by atoms with Gasteiger partial charge in [-0.1, -0.05) is 18.5 Å². The van der Waals surface area contributed by atoms with E-state index < -0.39 is 0 Å². The molecule has 0 saturated carbocycles. The van der Waals surface area contributed by atoms with E-state index in [0.29, 0.717) is 0 Å². The second kappa shape index (κ2) is 3.87. The molecule has 0 aliphatic carbocycles. The van der Waals surface area contributed by atoms with Gasteiger partial charge in [0.25, 0.3) is 0 Å². The average Bonchev–Trinajstić information content (AvgIpc) is 2.60. The maximum atomic E-state index is 5.97. The maximum Gasteiger partial charge on any atom is 0.137 e. The van der Waals surface area contributed by atoms with Crippen LogP contribution in [0, 0.1) is 6.92 Å². The van der Waals surface area contributed by atoms with E-state index in [2.05, 4.69) is 0 Å². The normalized spacial score (nSPS) is 13.3. The first-order valence-electron chi connectivity index (χ1n) is 5.07. The van der Waals surface area contributed by atoms with Gasteiger partial charge in [-0.3, -0.25) is 0 Å². The zero-order valence-corrected chi connectivity index (χ0v) is 9.64. The molecule has 2 nitrogen and oxygen atoms in total. The van der Waals surface area contributed by atoms with Gasteiger partial charge in [-0.2, -0.15) is 0 Å². The number of hydrogen-bond donors (Lipinski definition) is 1. The van der Waals surface area contributed by atoms with Crippen molar-refractivity contribution in [1.29, 1.82) is 0 Å². The molecule has 1 aromatic carbocycles. The van der Waals surface area contributed by atoms with Crippen LogP contribution < -0.4 is 5.73 Å². The van der Waals surface area contributed by atoms with Gasteiger partial charge in [0.15, 0.2) is 0 Å². The molecule has 0 amide bonds. The van der Waals surface area contributed by atoms with E-state index in [1.54, 1.807) is 0 Å². The number of nitrogens with two attached hydrogens (primary N) is 1. The van der Waals surface area contributed by atoms with Crippen LogP contribution in [0.25, 0.3) is 11.0 Å². The van der Waals surface area contributed by atoms with Crippen molar-refractivity contribution >= 4 is 22.6 Å². The molecule has 2 rings (SSSR count). The largest absolute Gasteiger partial charge is 0.459 e. The summed E-state index contributed by atoms with van der Waals surface area (Å²) >= 11 is 5.97. The molecular weight excluding hydrogens is 210 g/mol. The maximum absolute atomic E-state index is 5.97. The number of benzene rings is 1. The number of rotatable bonds is 2. The lowest BCUT2D eigenvalue weighted by atomic mass is 10.1. The van der Waals surface area contributed by atoms with E-state index in [4.69, 9.17) is 21.8 Å². The summed E-state index contributed by atoms with van der Waals surface area (Å²) < 4.78 is 5.72. The molecule has 0 aliphatic rings. The van der Waals surface area contributed by atoms with Gasteiger partial charge in [-0.05, 0) is 37.1 Å². The van der Waals surface area contributed by atoms with Crippen molar-refractivity contribution in [3.63, 3.8) is 0 Å². The molecule has 1 aromatic heterocycles. The summed E-state index contributed by atoms with van der Waals surface area (Å²) in [4.78, 5) is 0. The molecule has 0 bridgehead atoms. The summed E-state index contributed by atoms with van der Waals surface area (Å²) in [6, 6.07) is 5.74. The van der Waals surface area contributed by atoms with Gasteiger partial charge in [-0.15, -0.1) is 0 Å². The van der Waals surface area contributed by atoms with Crippen LogP contribution in [0.4, 0.5) is 0 Å². The topological polar surface area (TPSA) is 39.2 Å². The highest BCUT2D eigenvalue weighted by atomic mass is 35.5. The molecule has 80 valence electrons. The highest BCUT2D eigenvalue weighted by Crippen LogP contribution is 2.29. The Morgan fingerprint density at radius 2 is 2.13 bits per heavy atom. The molecule has 2 N–H and O–H groups in total. The van der Waals surface area contributed by atoms with Crippen molar-refractivity contribution in [2.75, 3.05) is 0 Å². The third kappa shape index (κ3) is 1.87. The summed E-state index contributed by atoms with van der Waals surface area (Å²) in [5, 5.41) is 1.76. The highest BCUT2D eigenvalue weighted by molar-refractivity contribution is 6.31. The lowest BCUT2D eigenvalue weighted by Crippen LogP contribution is -2.06. The van der Waals surface area contributed by atoms with E-state index in [-0.39, 0.29) is 6.04 Å². The van der Waals surface area contributed by atoms with E-state index in [9.17, 15) is 0 Å². The van der Waals surface area contributed by atoms with E-state index in [1.807, 2.05) is 32.0 Å². The van der Waals surface area contributed by atoms with Gasteiger partial charge in [0.05, 0.1) is 6.04 Å². The summed E-state index contributed by atoms with van der Waals surface area (Å²) in [6.45, 7) is 4.02. The van der Waals surface area contributed by atoms with Crippen molar-refractivity contribution in [2.45, 2.75) is 26.3 Å². The van der Waals surface area contributed by atoms with Crippen LogP contribution in [0.15, 0.2) is 22.6 Å². The molecule has 0 spiro atoms. The predicted octanol–water partition coefficient (Wildman–Crippen LogP) is 3.80. The van der Waals surface area contributed by atoms with Crippen LogP contribution in [0.5, 0.6) is 0 Å². The SMILES string of the molecule is CCC(N)c1cc2cc(Cl)cc(C)c2o1. The van der Waals surface area contributed by atoms with E-state index in [1.165, 1.54) is 0 Å². The van der Waals surface area contributed by atoms with Crippen LogP contribution in [0.3, 0.4) is 0 Å². The molecule has 15 heavy (non-hydrogen) atoms. The minimum absolute atomic E-state index is 0.0319. The van der Waals surface area contributed by atoms with Crippen LogP contribution >= 0.6 is 11.6 Å². The van der Waals surface area contributed by atoms with Crippen LogP contribution in [0.2, 0.25) is 5.02 Å². The second-order valence-electron chi connectivity index (χ2n) is 3.80. The molecule has 0 saturated heterocycles. The second-order valence-corrected chi connectivity index (χ2v) is 4.24. The molecule has 1 unspecified atom stereocenters. The van der Waals surface area contributed by atoms with Crippen molar-refractivity contribution in [1.82, 2.24) is 0 Å². The lowest BCUT2D eigenvalue weighted by Gasteiger charge is -2.02. The van der Waals surface area contributed by atoms with Crippen molar-refractivity contribution in [3.05, 3.63) is 34.5 Å². The predicted molar refractivity (Wildman–Crippen MR) is 63.2 cm³/mol. The van der Waals surface area contributed by atoms with E-state index >= 15 is 0 Å². The monoisotopic (exact) mass is 223 g/mol. The third-order valence-electron chi connectivity index (χ3n) is 2.59. The Balaban J connectivity index is 2.60. The van der Waals surface area contributed by atoms with Gasteiger partial charge < -0.3 is 10.2 Å². The van der Waals surface area contributed by atoms with Gasteiger partial charge in [-0.25, -0.2) is 0 Å². The first kappa shape index (κ1) is 10.5. The number of halogens is 1. The molecule has 0 fully saturated rings. The molecule has 1 heterocycles. The highest BCUT2D eigenvalue weighted by Gasteiger charge is 2.11. The lowest BCUT2D eigenvalue weighted by molar-refractivity contribution is 0.487. The molecule has 3 heteroatoms. The molecule has 0 aliphatic heterocycles. The summed E-state index contributed by atoms with van der Waals surface area (Å²) in [5.41, 5.74) is 7.86. The quantitative estimate of drug-likeness (QED) is 0.841. The number of aryl methyl sites for hydroxylation is 1. The Bertz CT molecular complexity index is 490. The fourth-order valence-corrected chi connectivity index (χ4v) is 1.97. The van der Waals surface area contributed by atoms with Gasteiger partial charge in [0.1, 0.15) is 11.3 Å². The van der Waals surface area contributed by atoms with Crippen molar-refractivity contribution in [3.8, 4) is 0 Å². The Morgan fingerprint density at radius 1 is 1.40 bits per heavy atom. The Kier molecular flexibility index (Phi) is 2.72. The van der Waals surface area contributed by atoms with Crippen LogP contribution in [0.1, 0.15) is 30.7 Å². The average molecular weight is 224 g/mol. The first-order chi connectivity index (χ1) is 7.11. The standard InChI is InChI=1S/C12H14ClNO/c1-3-10(14)11-6-8-5-9(13)4-7(2)12(8)15-11/h4-6,10H,3,14H2,1-2H3. The summed E-state index contributed by atoms with van der Waals surface area (Å²) in [6.07, 6.45) is 0.868. The van der Waals surface area contributed by atoms with Crippen LogP contribution in [-0.2, 0) is 0 Å². The number of fused-ring (bicyclic) bond motifs is 1. The molecule has 0 radical (unpaired) electrons. The zero-order valence-electron chi connectivity index (χ0n) is 8.88. The Hall–Kier alpha value is -0.990. The summed E-state index contributed by atoms with van der Waals surface area (Å²) in [5.74, 6) is 0.831. The smallest absolute Gasteiger partial charge is 0.137 e. The molecular formula is C12H14ClNO. The molecule has 2 aromatic rings. The van der Waals surface area contributed by atoms with Crippen LogP contribution in [-0.4, -0.2) is 0 Å². The minimum Gasteiger partial charge on any atom is -0.459 e. The Labute approximate surface area is 94.0 Å².